The molecular formula is C30H30Br2N4O6S4. The molecule has 46 heavy (non-hydrogen) atoms. The van der Waals surface area contributed by atoms with Gasteiger partial charge in [-0.1, -0.05) is 73.4 Å². The lowest BCUT2D eigenvalue weighted by Gasteiger charge is -2.07. The molecular weight excluding hydrogens is 800 g/mol. The molecule has 6 aromatic rings. The van der Waals surface area contributed by atoms with Crippen LogP contribution in [0.3, 0.4) is 0 Å². The summed E-state index contributed by atoms with van der Waals surface area (Å²) in [6.07, 6.45) is 3.18. The number of fused-ring (bicyclic) bond motifs is 2. The molecule has 0 aliphatic heterocycles. The second-order valence-electron chi connectivity index (χ2n) is 10.2. The Morgan fingerprint density at radius 1 is 0.674 bits per heavy atom. The smallest absolute Gasteiger partial charge is 0.266 e. The van der Waals surface area contributed by atoms with Crippen LogP contribution in [0.25, 0.3) is 20.2 Å². The standard InChI is InChI=1S/2C15H15BrN2O3S2/c2*1-3-6-12-14(10-7-4-5-8-11(10)22-12)23(19,20)18-15-13(16)9(2)17-21-15/h2*4-5,7-8,18H,3,6H2,1-2H3. The van der Waals surface area contributed by atoms with Crippen molar-refractivity contribution in [1.82, 2.24) is 10.3 Å². The first-order valence-corrected chi connectivity index (χ1v) is 20.4. The molecule has 0 spiro atoms. The zero-order valence-corrected chi connectivity index (χ0v) is 31.6. The van der Waals surface area contributed by atoms with Gasteiger partial charge in [-0.15, -0.1) is 22.7 Å². The van der Waals surface area contributed by atoms with E-state index in [9.17, 15) is 16.8 Å². The number of hydrogen-bond acceptors (Lipinski definition) is 10. The Hall–Kier alpha value is -2.76. The number of sulfonamides is 2. The molecule has 10 nitrogen and oxygen atoms in total. The Kier molecular flexibility index (Phi) is 10.6. The molecule has 0 radical (unpaired) electrons. The minimum Gasteiger partial charge on any atom is -0.336 e. The van der Waals surface area contributed by atoms with E-state index in [1.165, 1.54) is 22.7 Å². The Morgan fingerprint density at radius 3 is 1.37 bits per heavy atom. The average Bonchev–Trinajstić information content (AvgIpc) is 3.75. The predicted octanol–water partition coefficient (Wildman–Crippen LogP) is 9.43. The van der Waals surface area contributed by atoms with Crippen molar-refractivity contribution in [2.75, 3.05) is 9.44 Å². The quantitative estimate of drug-likeness (QED) is 0.139. The van der Waals surface area contributed by atoms with Gasteiger partial charge in [0.05, 0.1) is 11.4 Å². The van der Waals surface area contributed by atoms with Gasteiger partial charge in [0, 0.05) is 29.9 Å². The fourth-order valence-electron chi connectivity index (χ4n) is 4.71. The van der Waals surface area contributed by atoms with Crippen molar-refractivity contribution in [3.05, 3.63) is 78.6 Å². The minimum absolute atomic E-state index is 0.0974. The van der Waals surface area contributed by atoms with Crippen molar-refractivity contribution >= 4 is 107 Å². The highest BCUT2D eigenvalue weighted by atomic mass is 79.9. The molecule has 0 bridgehead atoms. The van der Waals surface area contributed by atoms with E-state index in [2.05, 4.69) is 51.6 Å². The van der Waals surface area contributed by atoms with E-state index in [0.29, 0.717) is 43.0 Å². The van der Waals surface area contributed by atoms with Gasteiger partial charge in [0.25, 0.3) is 31.8 Å². The molecule has 0 aliphatic carbocycles. The van der Waals surface area contributed by atoms with Crippen LogP contribution in [0.2, 0.25) is 0 Å². The van der Waals surface area contributed by atoms with Crippen LogP contribution < -0.4 is 9.44 Å². The summed E-state index contributed by atoms with van der Waals surface area (Å²) in [6.45, 7) is 7.52. The van der Waals surface area contributed by atoms with Crippen molar-refractivity contribution in [3.8, 4) is 0 Å². The third-order valence-electron chi connectivity index (χ3n) is 6.76. The molecule has 0 unspecified atom stereocenters. The summed E-state index contributed by atoms with van der Waals surface area (Å²) in [5.41, 5.74) is 1.18. The lowest BCUT2D eigenvalue weighted by molar-refractivity contribution is 0.430. The average molecular weight is 831 g/mol. The predicted molar refractivity (Wildman–Crippen MR) is 191 cm³/mol. The van der Waals surface area contributed by atoms with Crippen LogP contribution in [-0.2, 0) is 32.9 Å². The summed E-state index contributed by atoms with van der Waals surface area (Å²) in [7, 11) is -7.52. The topological polar surface area (TPSA) is 144 Å². The number of thiophene rings is 2. The Labute approximate surface area is 291 Å². The highest BCUT2D eigenvalue weighted by molar-refractivity contribution is 9.11. The number of halogens is 2. The van der Waals surface area contributed by atoms with E-state index in [1.807, 2.05) is 62.4 Å². The lowest BCUT2D eigenvalue weighted by atomic mass is 10.2. The third kappa shape index (κ3) is 7.06. The van der Waals surface area contributed by atoms with Gasteiger partial charge < -0.3 is 9.05 Å². The van der Waals surface area contributed by atoms with Crippen molar-refractivity contribution in [3.63, 3.8) is 0 Å². The van der Waals surface area contributed by atoms with Gasteiger partial charge in [0.15, 0.2) is 0 Å². The van der Waals surface area contributed by atoms with Gasteiger partial charge >= 0.3 is 0 Å². The van der Waals surface area contributed by atoms with Gasteiger partial charge in [0.1, 0.15) is 18.7 Å². The molecule has 16 heteroatoms. The molecule has 0 aliphatic rings. The minimum atomic E-state index is -3.76. The lowest BCUT2D eigenvalue weighted by Crippen LogP contribution is -2.14. The number of nitrogens with zero attached hydrogens (tertiary/aromatic N) is 2. The van der Waals surface area contributed by atoms with E-state index in [0.717, 1.165) is 42.8 Å². The van der Waals surface area contributed by atoms with Gasteiger partial charge in [-0.3, -0.25) is 0 Å². The first-order chi connectivity index (χ1) is 21.9. The van der Waals surface area contributed by atoms with Crippen LogP contribution >= 0.6 is 54.5 Å². The zero-order chi connectivity index (χ0) is 33.2. The molecule has 0 fully saturated rings. The molecule has 2 aromatic carbocycles. The molecule has 2 N–H and O–H groups in total. The van der Waals surface area contributed by atoms with E-state index >= 15 is 0 Å². The third-order valence-corrected chi connectivity index (χ3v) is 14.3. The van der Waals surface area contributed by atoms with Crippen LogP contribution in [0.15, 0.2) is 76.3 Å². The summed E-state index contributed by atoms with van der Waals surface area (Å²) in [5.74, 6) is 0.195. The SMILES string of the molecule is CCCc1sc2ccccc2c1S(=O)(=O)Nc1onc(C)c1Br.CCCc1sc2ccccc2c1S(=O)(=O)Nc1onc(C)c1Br. The second-order valence-corrected chi connectivity index (χ2v) is 17.3. The van der Waals surface area contributed by atoms with E-state index < -0.39 is 20.0 Å². The molecule has 4 heterocycles. The molecule has 4 aromatic heterocycles. The maximum absolute atomic E-state index is 12.9. The largest absolute Gasteiger partial charge is 0.336 e. The summed E-state index contributed by atoms with van der Waals surface area (Å²) in [4.78, 5) is 2.38. The van der Waals surface area contributed by atoms with Crippen molar-refractivity contribution in [2.45, 2.75) is 63.2 Å². The normalized spacial score (nSPS) is 12.0. The highest BCUT2D eigenvalue weighted by Crippen LogP contribution is 2.39. The summed E-state index contributed by atoms with van der Waals surface area (Å²) >= 11 is 9.61. The first-order valence-electron chi connectivity index (χ1n) is 14.2. The highest BCUT2D eigenvalue weighted by Gasteiger charge is 2.28. The number of rotatable bonds is 10. The molecule has 0 saturated heterocycles. The fourth-order valence-corrected chi connectivity index (χ4v) is 11.6. The van der Waals surface area contributed by atoms with E-state index in [1.54, 1.807) is 13.8 Å². The van der Waals surface area contributed by atoms with Gasteiger partial charge in [-0.25, -0.2) is 26.3 Å². The molecule has 0 saturated carbocycles. The van der Waals surface area contributed by atoms with Crippen LogP contribution in [0.4, 0.5) is 11.8 Å². The number of benzene rings is 2. The molecule has 244 valence electrons. The zero-order valence-electron chi connectivity index (χ0n) is 25.2. The van der Waals surface area contributed by atoms with E-state index in [4.69, 9.17) is 9.05 Å². The number of aryl methyl sites for hydroxylation is 4. The number of anilines is 2. The van der Waals surface area contributed by atoms with Crippen LogP contribution in [0.5, 0.6) is 0 Å². The maximum atomic E-state index is 12.9. The van der Waals surface area contributed by atoms with Crippen LogP contribution in [0.1, 0.15) is 47.8 Å². The Balaban J connectivity index is 0.000000181. The van der Waals surface area contributed by atoms with Gasteiger partial charge in [0.2, 0.25) is 0 Å². The molecule has 0 amide bonds. The fraction of sp³-hybridized carbons (Fsp3) is 0.267. The molecule has 0 atom stereocenters. The summed E-state index contributed by atoms with van der Waals surface area (Å²) < 4.78 is 69.8. The monoisotopic (exact) mass is 828 g/mol. The number of nitrogens with one attached hydrogen (secondary N) is 2. The first kappa shape index (κ1) is 34.6. The van der Waals surface area contributed by atoms with E-state index in [-0.39, 0.29) is 11.8 Å². The maximum Gasteiger partial charge on any atom is 0.266 e. The van der Waals surface area contributed by atoms with Gasteiger partial charge in [-0.05, 0) is 70.7 Å². The van der Waals surface area contributed by atoms with Crippen LogP contribution in [0, 0.1) is 13.8 Å². The molecule has 6 rings (SSSR count). The van der Waals surface area contributed by atoms with Crippen LogP contribution in [-0.4, -0.2) is 27.1 Å². The Morgan fingerprint density at radius 2 is 1.04 bits per heavy atom. The van der Waals surface area contributed by atoms with Crippen molar-refractivity contribution < 1.29 is 25.9 Å². The summed E-state index contributed by atoms with van der Waals surface area (Å²) in [6, 6.07) is 15.1. The van der Waals surface area contributed by atoms with Crippen molar-refractivity contribution in [1.29, 1.82) is 0 Å². The second kappa shape index (κ2) is 14.2. The summed E-state index contributed by atoms with van der Waals surface area (Å²) in [5, 5.41) is 8.99. The van der Waals surface area contributed by atoms with Gasteiger partial charge in [-0.2, -0.15) is 0 Å². The Bertz CT molecular complexity index is 2080. The van der Waals surface area contributed by atoms with Crippen molar-refractivity contribution in [2.24, 2.45) is 0 Å². The number of aromatic nitrogens is 2. The number of hydrogen-bond donors (Lipinski definition) is 2.